The summed E-state index contributed by atoms with van der Waals surface area (Å²) >= 11 is 11.2. The van der Waals surface area contributed by atoms with Crippen LogP contribution in [0.3, 0.4) is 0 Å². The molecular formula is C18H15ClN2O2S. The number of benzene rings is 2. The first-order valence-corrected chi connectivity index (χ1v) is 8.14. The molecule has 6 heteroatoms. The minimum atomic E-state index is -0.361. The first-order chi connectivity index (χ1) is 11.5. The van der Waals surface area contributed by atoms with Gasteiger partial charge in [0.25, 0.3) is 0 Å². The predicted molar refractivity (Wildman–Crippen MR) is 102 cm³/mol. The molecule has 0 atom stereocenters. The van der Waals surface area contributed by atoms with Crippen LogP contribution in [-0.4, -0.2) is 5.11 Å². The number of hydrogen-bond donors (Lipinski definition) is 2. The molecule has 0 saturated carbocycles. The fourth-order valence-electron chi connectivity index (χ4n) is 2.36. The maximum atomic E-state index is 11.5. The Morgan fingerprint density at radius 3 is 2.67 bits per heavy atom. The Bertz CT molecular complexity index is 951. The molecule has 0 aliphatic carbocycles. The average molecular weight is 359 g/mol. The molecule has 0 unspecified atom stereocenters. The SMILES string of the molecule is Cc1cc(=O)oc2cc(NC(=S)NCc3ccc(Cl)cc3)ccc12. The van der Waals surface area contributed by atoms with Gasteiger partial charge in [-0.3, -0.25) is 0 Å². The normalized spacial score (nSPS) is 10.6. The molecule has 3 rings (SSSR count). The lowest BCUT2D eigenvalue weighted by molar-refractivity contribution is 0.560. The summed E-state index contributed by atoms with van der Waals surface area (Å²) in [5.74, 6) is 0. The zero-order chi connectivity index (χ0) is 17.1. The van der Waals surface area contributed by atoms with Gasteiger partial charge in [0.15, 0.2) is 5.11 Å². The van der Waals surface area contributed by atoms with Gasteiger partial charge < -0.3 is 15.1 Å². The molecule has 0 amide bonds. The van der Waals surface area contributed by atoms with Gasteiger partial charge in [-0.1, -0.05) is 23.7 Å². The van der Waals surface area contributed by atoms with E-state index in [0.29, 0.717) is 22.3 Å². The summed E-state index contributed by atoms with van der Waals surface area (Å²) in [5, 5.41) is 8.30. The number of aryl methyl sites for hydroxylation is 1. The summed E-state index contributed by atoms with van der Waals surface area (Å²) < 4.78 is 5.23. The van der Waals surface area contributed by atoms with Crippen molar-refractivity contribution in [3.05, 3.63) is 75.1 Å². The smallest absolute Gasteiger partial charge is 0.336 e. The largest absolute Gasteiger partial charge is 0.423 e. The lowest BCUT2D eigenvalue weighted by Crippen LogP contribution is -2.27. The minimum absolute atomic E-state index is 0.361. The number of fused-ring (bicyclic) bond motifs is 1. The van der Waals surface area contributed by atoms with E-state index < -0.39 is 0 Å². The molecule has 0 radical (unpaired) electrons. The lowest BCUT2D eigenvalue weighted by Gasteiger charge is -2.11. The van der Waals surface area contributed by atoms with Gasteiger partial charge in [0.2, 0.25) is 0 Å². The second-order valence-electron chi connectivity index (χ2n) is 5.39. The second-order valence-corrected chi connectivity index (χ2v) is 6.24. The summed E-state index contributed by atoms with van der Waals surface area (Å²) in [6.07, 6.45) is 0. The van der Waals surface area contributed by atoms with E-state index in [4.69, 9.17) is 28.2 Å². The molecule has 2 aromatic carbocycles. The van der Waals surface area contributed by atoms with E-state index in [2.05, 4.69) is 10.6 Å². The van der Waals surface area contributed by atoms with Crippen LogP contribution in [-0.2, 0) is 6.54 Å². The highest BCUT2D eigenvalue weighted by atomic mass is 35.5. The maximum absolute atomic E-state index is 11.5. The fraction of sp³-hybridized carbons (Fsp3) is 0.111. The van der Waals surface area contributed by atoms with Crippen molar-refractivity contribution in [2.75, 3.05) is 5.32 Å². The highest BCUT2D eigenvalue weighted by Crippen LogP contribution is 2.20. The van der Waals surface area contributed by atoms with Crippen molar-refractivity contribution in [3.8, 4) is 0 Å². The predicted octanol–water partition coefficient (Wildman–Crippen LogP) is 4.24. The van der Waals surface area contributed by atoms with Crippen molar-refractivity contribution in [2.45, 2.75) is 13.5 Å². The summed E-state index contributed by atoms with van der Waals surface area (Å²) in [5.41, 5.74) is 2.89. The molecule has 1 heterocycles. The number of hydrogen-bond acceptors (Lipinski definition) is 3. The molecule has 2 N–H and O–H groups in total. The van der Waals surface area contributed by atoms with E-state index in [1.54, 1.807) is 6.07 Å². The molecule has 4 nitrogen and oxygen atoms in total. The minimum Gasteiger partial charge on any atom is -0.423 e. The molecular weight excluding hydrogens is 344 g/mol. The average Bonchev–Trinajstić information content (AvgIpc) is 2.54. The van der Waals surface area contributed by atoms with Crippen molar-refractivity contribution in [1.82, 2.24) is 5.32 Å². The molecule has 24 heavy (non-hydrogen) atoms. The Morgan fingerprint density at radius 2 is 1.92 bits per heavy atom. The van der Waals surface area contributed by atoms with Gasteiger partial charge in [-0.25, -0.2) is 4.79 Å². The van der Waals surface area contributed by atoms with Crippen LogP contribution in [0.25, 0.3) is 11.0 Å². The summed E-state index contributed by atoms with van der Waals surface area (Å²) in [4.78, 5) is 11.5. The summed E-state index contributed by atoms with van der Waals surface area (Å²) in [7, 11) is 0. The van der Waals surface area contributed by atoms with Crippen LogP contribution in [0.2, 0.25) is 5.02 Å². The molecule has 0 saturated heterocycles. The van der Waals surface area contributed by atoms with Gasteiger partial charge in [-0.2, -0.15) is 0 Å². The van der Waals surface area contributed by atoms with E-state index in [0.717, 1.165) is 22.2 Å². The fourth-order valence-corrected chi connectivity index (χ4v) is 2.68. The van der Waals surface area contributed by atoms with Crippen LogP contribution < -0.4 is 16.3 Å². The Balaban J connectivity index is 1.69. The molecule has 1 aromatic heterocycles. The molecule has 3 aromatic rings. The third-order valence-corrected chi connectivity index (χ3v) is 4.07. The highest BCUT2D eigenvalue weighted by Gasteiger charge is 2.05. The third kappa shape index (κ3) is 3.93. The molecule has 0 fully saturated rings. The Hall–Kier alpha value is -2.37. The van der Waals surface area contributed by atoms with Crippen molar-refractivity contribution in [2.24, 2.45) is 0 Å². The van der Waals surface area contributed by atoms with Gasteiger partial charge in [-0.15, -0.1) is 0 Å². The molecule has 0 aliphatic heterocycles. The molecule has 0 aliphatic rings. The Kier molecular flexibility index (Phi) is 4.83. The van der Waals surface area contributed by atoms with Crippen molar-refractivity contribution < 1.29 is 4.42 Å². The van der Waals surface area contributed by atoms with E-state index in [9.17, 15) is 4.79 Å². The second kappa shape index (κ2) is 7.03. The molecule has 0 bridgehead atoms. The maximum Gasteiger partial charge on any atom is 0.336 e. The van der Waals surface area contributed by atoms with Crippen LogP contribution >= 0.6 is 23.8 Å². The summed E-state index contributed by atoms with van der Waals surface area (Å²) in [6.45, 7) is 2.47. The standard InChI is InChI=1S/C18H15ClN2O2S/c1-11-8-17(22)23-16-9-14(6-7-15(11)16)21-18(24)20-10-12-2-4-13(19)5-3-12/h2-9H,10H2,1H3,(H2,20,21,24). The molecule has 0 spiro atoms. The van der Waals surface area contributed by atoms with Gasteiger partial charge in [0, 0.05) is 34.8 Å². The van der Waals surface area contributed by atoms with Gasteiger partial charge in [-0.05, 0) is 54.5 Å². The zero-order valence-corrected chi connectivity index (χ0v) is 14.5. The number of thiocarbonyl (C=S) groups is 1. The van der Waals surface area contributed by atoms with Gasteiger partial charge >= 0.3 is 5.63 Å². The highest BCUT2D eigenvalue weighted by molar-refractivity contribution is 7.80. The van der Waals surface area contributed by atoms with Crippen molar-refractivity contribution >= 4 is 45.6 Å². The van der Waals surface area contributed by atoms with Crippen LogP contribution in [0, 0.1) is 6.92 Å². The van der Waals surface area contributed by atoms with Gasteiger partial charge in [0.05, 0.1) is 0 Å². The first-order valence-electron chi connectivity index (χ1n) is 7.35. The van der Waals surface area contributed by atoms with Crippen LogP contribution in [0.15, 0.2) is 57.7 Å². The van der Waals surface area contributed by atoms with Crippen molar-refractivity contribution in [3.63, 3.8) is 0 Å². The van der Waals surface area contributed by atoms with Crippen LogP contribution in [0.5, 0.6) is 0 Å². The number of nitrogens with one attached hydrogen (secondary N) is 2. The number of rotatable bonds is 3. The first kappa shape index (κ1) is 16.5. The topological polar surface area (TPSA) is 54.3 Å². The zero-order valence-electron chi connectivity index (χ0n) is 12.9. The van der Waals surface area contributed by atoms with Crippen molar-refractivity contribution in [1.29, 1.82) is 0 Å². The lowest BCUT2D eigenvalue weighted by atomic mass is 10.1. The Morgan fingerprint density at radius 1 is 1.17 bits per heavy atom. The van der Waals surface area contributed by atoms with Crippen LogP contribution in [0.4, 0.5) is 5.69 Å². The quantitative estimate of drug-likeness (QED) is 0.541. The monoisotopic (exact) mass is 358 g/mol. The van der Waals surface area contributed by atoms with E-state index >= 15 is 0 Å². The van der Waals surface area contributed by atoms with E-state index in [1.165, 1.54) is 6.07 Å². The third-order valence-electron chi connectivity index (χ3n) is 3.58. The van der Waals surface area contributed by atoms with Crippen LogP contribution in [0.1, 0.15) is 11.1 Å². The molecule has 122 valence electrons. The number of anilines is 1. The summed E-state index contributed by atoms with van der Waals surface area (Å²) in [6, 6.07) is 14.6. The number of halogens is 1. The van der Waals surface area contributed by atoms with Gasteiger partial charge in [0.1, 0.15) is 5.58 Å². The van der Waals surface area contributed by atoms with E-state index in [-0.39, 0.29) is 5.63 Å². The van der Waals surface area contributed by atoms with E-state index in [1.807, 2.05) is 43.3 Å². The Labute approximate surface area is 149 Å².